The van der Waals surface area contributed by atoms with Gasteiger partial charge in [0.25, 0.3) is 0 Å². The van der Waals surface area contributed by atoms with Gasteiger partial charge in [0.1, 0.15) is 6.61 Å². The Morgan fingerprint density at radius 1 is 1.36 bits per heavy atom. The van der Waals surface area contributed by atoms with Gasteiger partial charge in [0.15, 0.2) is 11.3 Å². The van der Waals surface area contributed by atoms with Crippen molar-refractivity contribution >= 4 is 22.7 Å². The molecule has 1 amide bonds. The third-order valence-electron chi connectivity index (χ3n) is 5.00. The van der Waals surface area contributed by atoms with E-state index in [0.29, 0.717) is 18.9 Å². The Bertz CT molecular complexity index is 892. The molecule has 0 bridgehead atoms. The number of imidazole rings is 1. The Hall–Kier alpha value is -2.41. The van der Waals surface area contributed by atoms with Crippen molar-refractivity contribution in [3.05, 3.63) is 29.8 Å². The first-order valence-corrected chi connectivity index (χ1v) is 8.92. The fraction of sp³-hybridized carbons (Fsp3) is 0.500. The van der Waals surface area contributed by atoms with Gasteiger partial charge < -0.3 is 15.5 Å². The molecule has 3 aromatic heterocycles. The molecule has 7 heteroatoms. The maximum Gasteiger partial charge on any atom is 0.243 e. The number of aromatic amines is 1. The average molecular weight is 341 g/mol. The number of primary amides is 1. The van der Waals surface area contributed by atoms with Gasteiger partial charge in [0.05, 0.1) is 24.0 Å². The van der Waals surface area contributed by atoms with Crippen LogP contribution in [0.3, 0.4) is 0 Å². The van der Waals surface area contributed by atoms with Gasteiger partial charge in [-0.15, -0.1) is 0 Å². The first-order chi connectivity index (χ1) is 12.2. The number of rotatable bonds is 6. The van der Waals surface area contributed by atoms with Crippen molar-refractivity contribution < 1.29 is 9.53 Å². The lowest BCUT2D eigenvalue weighted by Crippen LogP contribution is -2.18. The predicted molar refractivity (Wildman–Crippen MR) is 94.4 cm³/mol. The highest BCUT2D eigenvalue weighted by atomic mass is 16.5. The lowest BCUT2D eigenvalue weighted by atomic mass is 9.87. The maximum absolute atomic E-state index is 10.8. The highest BCUT2D eigenvalue weighted by Crippen LogP contribution is 2.32. The predicted octanol–water partition coefficient (Wildman–Crippen LogP) is 2.30. The van der Waals surface area contributed by atoms with Gasteiger partial charge in [-0.05, 0) is 24.8 Å². The number of hydrogen-bond donors (Lipinski definition) is 2. The Kier molecular flexibility index (Phi) is 4.40. The number of aromatic nitrogens is 4. The summed E-state index contributed by atoms with van der Waals surface area (Å²) in [4.78, 5) is 23.3. The molecule has 0 radical (unpaired) electrons. The number of fused-ring (bicyclic) bond motifs is 3. The third-order valence-corrected chi connectivity index (χ3v) is 5.00. The molecule has 25 heavy (non-hydrogen) atoms. The fourth-order valence-electron chi connectivity index (χ4n) is 3.76. The number of hydrogen-bond acceptors (Lipinski definition) is 4. The lowest BCUT2D eigenvalue weighted by molar-refractivity contribution is -0.122. The number of carbonyl (C=O) groups excluding carboxylic acids is 1. The molecule has 1 aliphatic rings. The second-order valence-corrected chi connectivity index (χ2v) is 6.77. The molecule has 0 aliphatic heterocycles. The molecule has 0 spiro atoms. The van der Waals surface area contributed by atoms with Crippen molar-refractivity contribution in [2.45, 2.75) is 44.4 Å². The molecule has 1 fully saturated rings. The van der Waals surface area contributed by atoms with E-state index in [1.165, 1.54) is 37.8 Å². The molecule has 3 heterocycles. The fourth-order valence-corrected chi connectivity index (χ4v) is 3.76. The highest BCUT2D eigenvalue weighted by Gasteiger charge is 2.20. The van der Waals surface area contributed by atoms with Crippen LogP contribution in [0.1, 0.15) is 49.3 Å². The molecule has 0 unspecified atom stereocenters. The number of nitrogens with zero attached hydrogens (tertiary/aromatic N) is 3. The summed E-state index contributed by atoms with van der Waals surface area (Å²) < 4.78 is 7.43. The van der Waals surface area contributed by atoms with Crippen molar-refractivity contribution in [3.63, 3.8) is 0 Å². The normalized spacial score (nSPS) is 16.0. The standard InChI is InChI=1S/C18H23N5O2/c19-15(24)11-25-7-6-13-8-20-18-17(13)23-10-14(22-16(23)9-21-18)12-4-2-1-3-5-12/h8-10,12,20H,1-7,11H2,(H2,19,24). The van der Waals surface area contributed by atoms with Crippen LogP contribution in [0, 0.1) is 0 Å². The van der Waals surface area contributed by atoms with Crippen molar-refractivity contribution in [2.75, 3.05) is 13.2 Å². The van der Waals surface area contributed by atoms with Crippen LogP contribution in [0.4, 0.5) is 0 Å². The van der Waals surface area contributed by atoms with E-state index < -0.39 is 5.91 Å². The van der Waals surface area contributed by atoms with Crippen LogP contribution in [-0.2, 0) is 16.0 Å². The summed E-state index contributed by atoms with van der Waals surface area (Å²) in [6.07, 6.45) is 13.0. The Morgan fingerprint density at radius 3 is 3.00 bits per heavy atom. The van der Waals surface area contributed by atoms with E-state index in [0.717, 1.165) is 22.4 Å². The van der Waals surface area contributed by atoms with Gasteiger partial charge in [0.2, 0.25) is 5.91 Å². The number of H-pyrrole nitrogens is 1. The SMILES string of the molecule is NC(=O)COCCc1c[nH]c2ncc3nc(C4CCCCC4)cn3c12. The van der Waals surface area contributed by atoms with Crippen LogP contribution in [0.2, 0.25) is 0 Å². The summed E-state index contributed by atoms with van der Waals surface area (Å²) in [5.74, 6) is 0.111. The van der Waals surface area contributed by atoms with E-state index in [4.69, 9.17) is 15.5 Å². The van der Waals surface area contributed by atoms with Crippen LogP contribution < -0.4 is 5.73 Å². The zero-order chi connectivity index (χ0) is 17.2. The highest BCUT2D eigenvalue weighted by molar-refractivity contribution is 5.78. The summed E-state index contributed by atoms with van der Waals surface area (Å²) >= 11 is 0. The quantitative estimate of drug-likeness (QED) is 0.672. The largest absolute Gasteiger partial charge is 0.371 e. The van der Waals surface area contributed by atoms with Gasteiger partial charge in [-0.3, -0.25) is 9.20 Å². The summed E-state index contributed by atoms with van der Waals surface area (Å²) in [6.45, 7) is 0.392. The maximum atomic E-state index is 10.8. The molecule has 4 rings (SSSR count). The van der Waals surface area contributed by atoms with Crippen molar-refractivity contribution in [2.24, 2.45) is 5.73 Å². The summed E-state index contributed by atoms with van der Waals surface area (Å²) in [6, 6.07) is 0. The van der Waals surface area contributed by atoms with E-state index in [9.17, 15) is 4.79 Å². The number of ether oxygens (including phenoxy) is 1. The molecule has 1 aliphatic carbocycles. The van der Waals surface area contributed by atoms with Gasteiger partial charge in [0, 0.05) is 18.3 Å². The van der Waals surface area contributed by atoms with Crippen LogP contribution in [0.15, 0.2) is 18.6 Å². The van der Waals surface area contributed by atoms with Crippen molar-refractivity contribution in [3.8, 4) is 0 Å². The molecule has 1 saturated carbocycles. The molecule has 132 valence electrons. The van der Waals surface area contributed by atoms with Crippen molar-refractivity contribution in [1.29, 1.82) is 0 Å². The second kappa shape index (κ2) is 6.84. The molecule has 3 N–H and O–H groups in total. The van der Waals surface area contributed by atoms with Crippen LogP contribution in [0.5, 0.6) is 0 Å². The molecule has 3 aromatic rings. The molecular weight excluding hydrogens is 318 g/mol. The van der Waals surface area contributed by atoms with Gasteiger partial charge >= 0.3 is 0 Å². The molecular formula is C18H23N5O2. The number of carbonyl (C=O) groups is 1. The molecule has 0 aromatic carbocycles. The topological polar surface area (TPSA) is 98.3 Å². The van der Waals surface area contributed by atoms with E-state index >= 15 is 0 Å². The minimum atomic E-state index is -0.449. The van der Waals surface area contributed by atoms with Gasteiger partial charge in [-0.2, -0.15) is 0 Å². The van der Waals surface area contributed by atoms with E-state index in [1.807, 2.05) is 12.4 Å². The Labute approximate surface area is 145 Å². The summed E-state index contributed by atoms with van der Waals surface area (Å²) in [5, 5.41) is 0. The van der Waals surface area contributed by atoms with Crippen LogP contribution in [-0.4, -0.2) is 38.5 Å². The summed E-state index contributed by atoms with van der Waals surface area (Å²) in [7, 11) is 0. The number of amides is 1. The van der Waals surface area contributed by atoms with E-state index in [2.05, 4.69) is 20.6 Å². The third kappa shape index (κ3) is 3.24. The van der Waals surface area contributed by atoms with Gasteiger partial charge in [-0.1, -0.05) is 19.3 Å². The van der Waals surface area contributed by atoms with Crippen molar-refractivity contribution in [1.82, 2.24) is 19.4 Å². The molecule has 0 saturated heterocycles. The zero-order valence-electron chi connectivity index (χ0n) is 14.2. The molecule has 0 atom stereocenters. The first kappa shape index (κ1) is 16.1. The van der Waals surface area contributed by atoms with E-state index in [1.54, 1.807) is 0 Å². The van der Waals surface area contributed by atoms with E-state index in [-0.39, 0.29) is 6.61 Å². The first-order valence-electron chi connectivity index (χ1n) is 8.92. The average Bonchev–Trinajstić information content (AvgIpc) is 3.23. The minimum Gasteiger partial charge on any atom is -0.371 e. The van der Waals surface area contributed by atoms with Gasteiger partial charge in [-0.25, -0.2) is 9.97 Å². The summed E-state index contributed by atoms with van der Waals surface area (Å²) in [5.41, 5.74) is 10.1. The smallest absolute Gasteiger partial charge is 0.243 e. The monoisotopic (exact) mass is 341 g/mol. The Balaban J connectivity index is 1.63. The zero-order valence-corrected chi connectivity index (χ0v) is 14.2. The van der Waals surface area contributed by atoms with Crippen LogP contribution in [0.25, 0.3) is 16.8 Å². The Morgan fingerprint density at radius 2 is 2.20 bits per heavy atom. The lowest BCUT2D eigenvalue weighted by Gasteiger charge is -2.19. The minimum absolute atomic E-state index is 0.0487. The second-order valence-electron chi connectivity index (χ2n) is 6.77. The van der Waals surface area contributed by atoms with Crippen LogP contribution >= 0.6 is 0 Å². The number of nitrogens with two attached hydrogens (primary N) is 1. The molecule has 7 nitrogen and oxygen atoms in total. The number of nitrogens with one attached hydrogen (secondary N) is 1.